The summed E-state index contributed by atoms with van der Waals surface area (Å²) < 4.78 is 31.5. The first-order valence-corrected chi connectivity index (χ1v) is 5.44. The maximum absolute atomic E-state index is 13.3. The van der Waals surface area contributed by atoms with Crippen LogP contribution in [0.3, 0.4) is 0 Å². The largest absolute Gasteiger partial charge is 0.396 e. The van der Waals surface area contributed by atoms with Gasteiger partial charge < -0.3 is 15.2 Å². The van der Waals surface area contributed by atoms with Crippen LogP contribution in [0.25, 0.3) is 0 Å². The molecule has 0 aromatic heterocycles. The summed E-state index contributed by atoms with van der Waals surface area (Å²) in [6.45, 7) is -0.00354. The van der Waals surface area contributed by atoms with Crippen LogP contribution in [-0.2, 0) is 4.74 Å². The lowest BCUT2D eigenvalue weighted by atomic mass is 10.1. The molecule has 1 aromatic carbocycles. The van der Waals surface area contributed by atoms with Gasteiger partial charge in [-0.2, -0.15) is 0 Å². The standard InChI is InChI=1S/C12H15F2NO3/c1-18-7-8(5-6-16)15-12(17)11-9(13)3-2-4-10(11)14/h2-4,8,16H,5-7H2,1H3,(H,15,17). The number of halogens is 2. The maximum atomic E-state index is 13.3. The number of nitrogens with one attached hydrogen (secondary N) is 1. The minimum Gasteiger partial charge on any atom is -0.396 e. The summed E-state index contributed by atoms with van der Waals surface area (Å²) in [7, 11) is 1.43. The number of carbonyl (C=O) groups is 1. The first-order chi connectivity index (χ1) is 8.60. The lowest BCUT2D eigenvalue weighted by molar-refractivity contribution is 0.0870. The number of aliphatic hydroxyl groups excluding tert-OH is 1. The van der Waals surface area contributed by atoms with E-state index in [9.17, 15) is 13.6 Å². The zero-order valence-corrected chi connectivity index (χ0v) is 9.95. The average Bonchev–Trinajstić information content (AvgIpc) is 2.29. The molecular formula is C12H15F2NO3. The van der Waals surface area contributed by atoms with Crippen molar-refractivity contribution < 1.29 is 23.4 Å². The Balaban J connectivity index is 2.80. The second kappa shape index (κ2) is 7.03. The van der Waals surface area contributed by atoms with Crippen LogP contribution in [0.4, 0.5) is 8.78 Å². The molecule has 0 aliphatic rings. The van der Waals surface area contributed by atoms with Crippen molar-refractivity contribution in [3.63, 3.8) is 0 Å². The molecule has 0 aliphatic heterocycles. The Morgan fingerprint density at radius 3 is 2.56 bits per heavy atom. The van der Waals surface area contributed by atoms with Gasteiger partial charge in [0.05, 0.1) is 12.6 Å². The Morgan fingerprint density at radius 1 is 1.44 bits per heavy atom. The van der Waals surface area contributed by atoms with Crippen molar-refractivity contribution >= 4 is 5.91 Å². The van der Waals surface area contributed by atoms with Gasteiger partial charge in [-0.25, -0.2) is 8.78 Å². The number of ether oxygens (including phenoxy) is 1. The van der Waals surface area contributed by atoms with Crippen LogP contribution >= 0.6 is 0 Å². The van der Waals surface area contributed by atoms with Crippen LogP contribution in [0.15, 0.2) is 18.2 Å². The van der Waals surface area contributed by atoms with Crippen LogP contribution in [0, 0.1) is 11.6 Å². The van der Waals surface area contributed by atoms with Gasteiger partial charge in [0.2, 0.25) is 0 Å². The van der Waals surface area contributed by atoms with Gasteiger partial charge in [-0.05, 0) is 18.6 Å². The SMILES string of the molecule is COCC(CCO)NC(=O)c1c(F)cccc1F. The number of methoxy groups -OCH3 is 1. The minimum absolute atomic E-state index is 0.155. The number of hydrogen-bond donors (Lipinski definition) is 2. The number of hydrogen-bond acceptors (Lipinski definition) is 3. The summed E-state index contributed by atoms with van der Waals surface area (Å²) in [5.41, 5.74) is -0.628. The quantitative estimate of drug-likeness (QED) is 0.804. The molecule has 18 heavy (non-hydrogen) atoms. The van der Waals surface area contributed by atoms with Crippen molar-refractivity contribution in [2.24, 2.45) is 0 Å². The van der Waals surface area contributed by atoms with Gasteiger partial charge >= 0.3 is 0 Å². The molecule has 1 aromatic rings. The normalized spacial score (nSPS) is 12.2. The predicted octanol–water partition coefficient (Wildman–Crippen LogP) is 1.09. The highest BCUT2D eigenvalue weighted by Crippen LogP contribution is 2.12. The molecule has 1 amide bonds. The molecule has 0 fully saturated rings. The van der Waals surface area contributed by atoms with E-state index in [2.05, 4.69) is 5.32 Å². The molecule has 0 heterocycles. The van der Waals surface area contributed by atoms with E-state index in [4.69, 9.17) is 9.84 Å². The van der Waals surface area contributed by atoms with Gasteiger partial charge in [0.1, 0.15) is 17.2 Å². The van der Waals surface area contributed by atoms with Gasteiger partial charge in [0, 0.05) is 13.7 Å². The molecule has 4 nitrogen and oxygen atoms in total. The van der Waals surface area contributed by atoms with E-state index in [1.807, 2.05) is 0 Å². The van der Waals surface area contributed by atoms with E-state index >= 15 is 0 Å². The summed E-state index contributed by atoms with van der Waals surface area (Å²) in [5.74, 6) is -2.71. The molecule has 1 rings (SSSR count). The molecule has 6 heteroatoms. The second-order valence-electron chi connectivity index (χ2n) is 3.73. The third-order valence-corrected chi connectivity index (χ3v) is 2.37. The number of rotatable bonds is 6. The molecule has 0 spiro atoms. The van der Waals surface area contributed by atoms with Gasteiger partial charge in [-0.1, -0.05) is 6.07 Å². The molecule has 0 aliphatic carbocycles. The Hall–Kier alpha value is -1.53. The Labute approximate surface area is 104 Å². The summed E-state index contributed by atoms with van der Waals surface area (Å²) in [5, 5.41) is 11.2. The van der Waals surface area contributed by atoms with Crippen LogP contribution in [0.2, 0.25) is 0 Å². The predicted molar refractivity (Wildman–Crippen MR) is 61.2 cm³/mol. The van der Waals surface area contributed by atoms with Gasteiger partial charge in [-0.15, -0.1) is 0 Å². The number of benzene rings is 1. The Bertz CT molecular complexity index is 386. The van der Waals surface area contributed by atoms with E-state index in [1.54, 1.807) is 0 Å². The topological polar surface area (TPSA) is 58.6 Å². The zero-order chi connectivity index (χ0) is 13.5. The highest BCUT2D eigenvalue weighted by Gasteiger charge is 2.20. The molecular weight excluding hydrogens is 244 g/mol. The fourth-order valence-corrected chi connectivity index (χ4v) is 1.53. The van der Waals surface area contributed by atoms with Gasteiger partial charge in [-0.3, -0.25) is 4.79 Å². The molecule has 0 radical (unpaired) electrons. The van der Waals surface area contributed by atoms with Crippen LogP contribution < -0.4 is 5.32 Å². The Morgan fingerprint density at radius 2 is 2.06 bits per heavy atom. The second-order valence-corrected chi connectivity index (χ2v) is 3.73. The summed E-state index contributed by atoms with van der Waals surface area (Å²) >= 11 is 0. The maximum Gasteiger partial charge on any atom is 0.257 e. The summed E-state index contributed by atoms with van der Waals surface area (Å²) in [6, 6.07) is 2.71. The van der Waals surface area contributed by atoms with Gasteiger partial charge in [0.15, 0.2) is 0 Å². The fourth-order valence-electron chi connectivity index (χ4n) is 1.53. The smallest absolute Gasteiger partial charge is 0.257 e. The van der Waals surface area contributed by atoms with E-state index < -0.39 is 29.1 Å². The monoisotopic (exact) mass is 259 g/mol. The minimum atomic E-state index is -0.923. The molecule has 0 bridgehead atoms. The highest BCUT2D eigenvalue weighted by molar-refractivity contribution is 5.94. The van der Waals surface area contributed by atoms with Crippen LogP contribution in [-0.4, -0.2) is 37.4 Å². The number of aliphatic hydroxyl groups is 1. The van der Waals surface area contributed by atoms with E-state index in [0.717, 1.165) is 12.1 Å². The van der Waals surface area contributed by atoms with Crippen molar-refractivity contribution in [2.45, 2.75) is 12.5 Å². The average molecular weight is 259 g/mol. The molecule has 1 atom stereocenters. The third-order valence-electron chi connectivity index (χ3n) is 2.37. The van der Waals surface area contributed by atoms with Crippen LogP contribution in [0.5, 0.6) is 0 Å². The van der Waals surface area contributed by atoms with Crippen molar-refractivity contribution in [3.8, 4) is 0 Å². The molecule has 2 N–H and O–H groups in total. The molecule has 100 valence electrons. The number of amides is 1. The first-order valence-electron chi connectivity index (χ1n) is 5.44. The summed E-state index contributed by atoms with van der Waals surface area (Å²) in [6.07, 6.45) is 0.246. The fraction of sp³-hybridized carbons (Fsp3) is 0.417. The zero-order valence-electron chi connectivity index (χ0n) is 9.95. The van der Waals surface area contributed by atoms with Crippen molar-refractivity contribution in [3.05, 3.63) is 35.4 Å². The van der Waals surface area contributed by atoms with Gasteiger partial charge in [0.25, 0.3) is 5.91 Å². The van der Waals surface area contributed by atoms with E-state index in [1.165, 1.54) is 13.2 Å². The third kappa shape index (κ3) is 3.75. The molecule has 1 unspecified atom stereocenters. The first kappa shape index (κ1) is 14.5. The van der Waals surface area contributed by atoms with Crippen LogP contribution in [0.1, 0.15) is 16.8 Å². The number of carbonyl (C=O) groups excluding carboxylic acids is 1. The Kier molecular flexibility index (Phi) is 5.67. The lowest BCUT2D eigenvalue weighted by Gasteiger charge is -2.17. The van der Waals surface area contributed by atoms with E-state index in [-0.39, 0.29) is 19.6 Å². The van der Waals surface area contributed by atoms with Crippen molar-refractivity contribution in [2.75, 3.05) is 20.3 Å². The molecule has 0 saturated carbocycles. The lowest BCUT2D eigenvalue weighted by Crippen LogP contribution is -2.39. The molecule has 0 saturated heterocycles. The van der Waals surface area contributed by atoms with Crippen molar-refractivity contribution in [1.82, 2.24) is 5.32 Å². The van der Waals surface area contributed by atoms with E-state index in [0.29, 0.717) is 0 Å². The summed E-state index contributed by atoms with van der Waals surface area (Å²) in [4.78, 5) is 11.7. The highest BCUT2D eigenvalue weighted by atomic mass is 19.1. The van der Waals surface area contributed by atoms with Crippen molar-refractivity contribution in [1.29, 1.82) is 0 Å².